The van der Waals surface area contributed by atoms with Gasteiger partial charge in [-0.1, -0.05) is 47.7 Å². The van der Waals surface area contributed by atoms with Gasteiger partial charge in [-0.2, -0.15) is 0 Å². The van der Waals surface area contributed by atoms with Crippen molar-refractivity contribution in [2.75, 3.05) is 20.3 Å². The quantitative estimate of drug-likeness (QED) is 0.354. The van der Waals surface area contributed by atoms with Crippen LogP contribution in [0, 0.1) is 6.92 Å². The Hall–Kier alpha value is -3.56. The summed E-state index contributed by atoms with van der Waals surface area (Å²) < 4.78 is 6.67. The molecular formula is C25H27N5O3S. The van der Waals surface area contributed by atoms with E-state index < -0.39 is 6.04 Å². The molecule has 0 aliphatic rings. The SMILES string of the molecule is COCCNC(=O)[C@@H](c1ccccc1C)N(Cc1cccs1)C(=O)Cn1nnc2ccccc21. The summed E-state index contributed by atoms with van der Waals surface area (Å²) in [7, 11) is 1.58. The van der Waals surface area contributed by atoms with Gasteiger partial charge in [0.25, 0.3) is 0 Å². The number of fused-ring (bicyclic) bond motifs is 1. The fourth-order valence-electron chi connectivity index (χ4n) is 3.86. The maximum Gasteiger partial charge on any atom is 0.247 e. The van der Waals surface area contributed by atoms with Gasteiger partial charge in [0.05, 0.1) is 18.7 Å². The molecule has 0 fully saturated rings. The first-order valence-electron chi connectivity index (χ1n) is 11.0. The molecule has 2 aromatic heterocycles. The fraction of sp³-hybridized carbons (Fsp3) is 0.280. The summed E-state index contributed by atoms with van der Waals surface area (Å²) in [4.78, 5) is 29.9. The van der Waals surface area contributed by atoms with Gasteiger partial charge >= 0.3 is 0 Å². The molecule has 0 unspecified atom stereocenters. The van der Waals surface area contributed by atoms with Crippen LogP contribution in [-0.2, 0) is 27.4 Å². The highest BCUT2D eigenvalue weighted by atomic mass is 32.1. The van der Waals surface area contributed by atoms with Crippen LogP contribution >= 0.6 is 11.3 Å². The molecule has 34 heavy (non-hydrogen) atoms. The van der Waals surface area contributed by atoms with Crippen LogP contribution in [0.5, 0.6) is 0 Å². The predicted octanol–water partition coefficient (Wildman–Crippen LogP) is 3.33. The van der Waals surface area contributed by atoms with Crippen molar-refractivity contribution in [1.82, 2.24) is 25.2 Å². The Labute approximate surface area is 202 Å². The summed E-state index contributed by atoms with van der Waals surface area (Å²) in [6.07, 6.45) is 0. The summed E-state index contributed by atoms with van der Waals surface area (Å²) in [5.41, 5.74) is 3.20. The van der Waals surface area contributed by atoms with Gasteiger partial charge in [0.1, 0.15) is 18.1 Å². The van der Waals surface area contributed by atoms with Gasteiger partial charge in [0.15, 0.2) is 0 Å². The molecule has 0 bridgehead atoms. The molecule has 0 aliphatic heterocycles. The van der Waals surface area contributed by atoms with Crippen LogP contribution in [0.15, 0.2) is 66.0 Å². The van der Waals surface area contributed by atoms with Gasteiger partial charge < -0.3 is 15.0 Å². The number of ether oxygens (including phenoxy) is 1. The van der Waals surface area contributed by atoms with Crippen molar-refractivity contribution in [3.8, 4) is 0 Å². The third-order valence-corrected chi connectivity index (χ3v) is 6.44. The number of aromatic nitrogens is 3. The normalized spacial score (nSPS) is 11.9. The number of amides is 2. The molecule has 4 rings (SSSR count). The van der Waals surface area contributed by atoms with Crippen LogP contribution in [0.4, 0.5) is 0 Å². The molecule has 2 heterocycles. The Kier molecular flexibility index (Phi) is 7.66. The van der Waals surface area contributed by atoms with E-state index >= 15 is 0 Å². The van der Waals surface area contributed by atoms with Crippen molar-refractivity contribution in [1.29, 1.82) is 0 Å². The zero-order valence-electron chi connectivity index (χ0n) is 19.2. The van der Waals surface area contributed by atoms with Crippen molar-refractivity contribution >= 4 is 34.2 Å². The minimum absolute atomic E-state index is 0.0282. The monoisotopic (exact) mass is 477 g/mol. The van der Waals surface area contributed by atoms with E-state index in [0.29, 0.717) is 25.2 Å². The number of nitrogens with one attached hydrogen (secondary N) is 1. The number of hydrogen-bond acceptors (Lipinski definition) is 6. The maximum absolute atomic E-state index is 13.8. The molecule has 2 amide bonds. The van der Waals surface area contributed by atoms with E-state index in [4.69, 9.17) is 4.74 Å². The van der Waals surface area contributed by atoms with Crippen LogP contribution in [0.3, 0.4) is 0 Å². The minimum atomic E-state index is -0.803. The molecule has 0 spiro atoms. The lowest BCUT2D eigenvalue weighted by molar-refractivity contribution is -0.142. The van der Waals surface area contributed by atoms with Crippen LogP contribution in [-0.4, -0.2) is 52.0 Å². The van der Waals surface area contributed by atoms with Gasteiger partial charge in [-0.25, -0.2) is 4.68 Å². The van der Waals surface area contributed by atoms with Crippen LogP contribution in [0.2, 0.25) is 0 Å². The lowest BCUT2D eigenvalue weighted by atomic mass is 9.98. The molecule has 1 atom stereocenters. The van der Waals surface area contributed by atoms with Gasteiger partial charge in [-0.15, -0.1) is 16.4 Å². The van der Waals surface area contributed by atoms with Crippen LogP contribution in [0.1, 0.15) is 22.0 Å². The molecule has 2 aromatic carbocycles. The number of benzene rings is 2. The number of carbonyl (C=O) groups is 2. The molecule has 0 saturated heterocycles. The van der Waals surface area contributed by atoms with E-state index in [1.54, 1.807) is 28.0 Å². The zero-order chi connectivity index (χ0) is 23.9. The predicted molar refractivity (Wildman–Crippen MR) is 131 cm³/mol. The van der Waals surface area contributed by atoms with Crippen molar-refractivity contribution in [2.45, 2.75) is 26.1 Å². The Bertz CT molecular complexity index is 1250. The van der Waals surface area contributed by atoms with Gasteiger partial charge in [0, 0.05) is 18.5 Å². The fourth-order valence-corrected chi connectivity index (χ4v) is 4.57. The van der Waals surface area contributed by atoms with E-state index in [9.17, 15) is 9.59 Å². The third kappa shape index (κ3) is 5.32. The standard InChI is InChI=1S/C25H27N5O3S/c1-18-8-3-4-10-20(18)24(25(32)26-13-14-33-2)29(16-19-9-7-15-34-19)23(31)17-30-22-12-6-5-11-21(22)27-28-30/h3-12,15,24H,13-14,16-17H2,1-2H3,(H,26,32)/t24-/m1/s1. The largest absolute Gasteiger partial charge is 0.383 e. The van der Waals surface area contributed by atoms with Crippen LogP contribution in [0.25, 0.3) is 11.0 Å². The number of hydrogen-bond donors (Lipinski definition) is 1. The third-order valence-electron chi connectivity index (χ3n) is 5.58. The number of aryl methyl sites for hydroxylation is 1. The molecule has 1 N–H and O–H groups in total. The second kappa shape index (κ2) is 11.0. The zero-order valence-corrected chi connectivity index (χ0v) is 20.0. The van der Waals surface area contributed by atoms with E-state index in [1.165, 1.54) is 0 Å². The second-order valence-corrected chi connectivity index (χ2v) is 8.91. The second-order valence-electron chi connectivity index (χ2n) is 7.88. The molecule has 0 aliphatic carbocycles. The average molecular weight is 478 g/mol. The van der Waals surface area contributed by atoms with E-state index in [0.717, 1.165) is 21.5 Å². The average Bonchev–Trinajstić information content (AvgIpc) is 3.50. The number of thiophene rings is 1. The van der Waals surface area contributed by atoms with Crippen molar-refractivity contribution in [3.05, 3.63) is 82.0 Å². The summed E-state index contributed by atoms with van der Waals surface area (Å²) in [5.74, 6) is -0.473. The number of methoxy groups -OCH3 is 1. The lowest BCUT2D eigenvalue weighted by Crippen LogP contribution is -2.45. The number of nitrogens with zero attached hydrogens (tertiary/aromatic N) is 4. The Balaban J connectivity index is 1.71. The first-order chi connectivity index (χ1) is 16.6. The number of carbonyl (C=O) groups excluding carboxylic acids is 2. The summed E-state index contributed by atoms with van der Waals surface area (Å²) in [6, 6.07) is 18.3. The summed E-state index contributed by atoms with van der Waals surface area (Å²) >= 11 is 1.55. The first kappa shape index (κ1) is 23.6. The topological polar surface area (TPSA) is 89.4 Å². The lowest BCUT2D eigenvalue weighted by Gasteiger charge is -2.32. The summed E-state index contributed by atoms with van der Waals surface area (Å²) in [5, 5.41) is 13.2. The highest BCUT2D eigenvalue weighted by molar-refractivity contribution is 7.09. The molecule has 0 saturated carbocycles. The summed E-state index contributed by atoms with van der Waals surface area (Å²) in [6.45, 7) is 2.96. The Morgan fingerprint density at radius 1 is 1.12 bits per heavy atom. The molecule has 4 aromatic rings. The Morgan fingerprint density at radius 3 is 2.68 bits per heavy atom. The Morgan fingerprint density at radius 2 is 1.91 bits per heavy atom. The van der Waals surface area contributed by atoms with Crippen molar-refractivity contribution < 1.29 is 14.3 Å². The number of rotatable bonds is 10. The van der Waals surface area contributed by atoms with Crippen LogP contribution < -0.4 is 5.32 Å². The van der Waals surface area contributed by atoms with E-state index in [1.807, 2.05) is 73.0 Å². The van der Waals surface area contributed by atoms with Crippen molar-refractivity contribution in [2.24, 2.45) is 0 Å². The highest BCUT2D eigenvalue weighted by Gasteiger charge is 2.33. The molecule has 176 valence electrons. The molecule has 0 radical (unpaired) electrons. The van der Waals surface area contributed by atoms with Crippen molar-refractivity contribution in [3.63, 3.8) is 0 Å². The number of para-hydroxylation sites is 1. The minimum Gasteiger partial charge on any atom is -0.383 e. The molecule has 9 heteroatoms. The van der Waals surface area contributed by atoms with Gasteiger partial charge in [0.2, 0.25) is 11.8 Å². The molecular weight excluding hydrogens is 450 g/mol. The first-order valence-corrected chi connectivity index (χ1v) is 11.9. The van der Waals surface area contributed by atoms with Gasteiger partial charge in [-0.3, -0.25) is 9.59 Å². The van der Waals surface area contributed by atoms with E-state index in [-0.39, 0.29) is 18.4 Å². The van der Waals surface area contributed by atoms with Gasteiger partial charge in [-0.05, 0) is 41.6 Å². The smallest absolute Gasteiger partial charge is 0.247 e. The van der Waals surface area contributed by atoms with E-state index in [2.05, 4.69) is 15.6 Å². The molecule has 8 nitrogen and oxygen atoms in total. The highest BCUT2D eigenvalue weighted by Crippen LogP contribution is 2.28. The maximum atomic E-state index is 13.8.